The molecule has 0 aliphatic carbocycles. The normalized spacial score (nSPS) is 10.9. The van der Waals surface area contributed by atoms with Crippen LogP contribution in [0, 0.1) is 0 Å². The summed E-state index contributed by atoms with van der Waals surface area (Å²) in [4.78, 5) is 25.7. The van der Waals surface area contributed by atoms with E-state index in [4.69, 9.17) is 4.74 Å². The van der Waals surface area contributed by atoms with E-state index in [1.165, 1.54) is 6.20 Å². The molecule has 104 valence electrons. The van der Waals surface area contributed by atoms with E-state index in [0.29, 0.717) is 24.8 Å². The number of rotatable bonds is 4. The highest BCUT2D eigenvalue weighted by molar-refractivity contribution is 5.76. The molecule has 6 nitrogen and oxygen atoms in total. The fourth-order valence-corrected chi connectivity index (χ4v) is 1.41. The fraction of sp³-hybridized carbons (Fsp3) is 0.462. The second-order valence-electron chi connectivity index (χ2n) is 5.00. The van der Waals surface area contributed by atoms with Gasteiger partial charge in [0, 0.05) is 12.7 Å². The lowest BCUT2D eigenvalue weighted by Crippen LogP contribution is -2.33. The van der Waals surface area contributed by atoms with Crippen LogP contribution in [-0.2, 0) is 11.2 Å². The summed E-state index contributed by atoms with van der Waals surface area (Å²) in [6.07, 6.45) is 1.79. The minimum atomic E-state index is -0.548. The molecule has 1 amide bonds. The van der Waals surface area contributed by atoms with Crippen LogP contribution in [0.25, 0.3) is 0 Å². The minimum absolute atomic E-state index is 0.00484. The van der Waals surface area contributed by atoms with E-state index < -0.39 is 11.7 Å². The van der Waals surface area contributed by atoms with Crippen molar-refractivity contribution < 1.29 is 19.4 Å². The number of ether oxygens (including phenoxy) is 1. The van der Waals surface area contributed by atoms with Crippen molar-refractivity contribution in [2.45, 2.75) is 32.8 Å². The average molecular weight is 266 g/mol. The number of hydrogen-bond acceptors (Lipinski definition) is 5. The number of alkyl carbamates (subject to hydrolysis) is 1. The van der Waals surface area contributed by atoms with Crippen LogP contribution in [0.15, 0.2) is 12.3 Å². The lowest BCUT2D eigenvalue weighted by molar-refractivity contribution is 0.0528. The monoisotopic (exact) mass is 266 g/mol. The van der Waals surface area contributed by atoms with Crippen molar-refractivity contribution in [2.24, 2.45) is 0 Å². The third kappa shape index (κ3) is 4.95. The molecule has 0 saturated carbocycles. The van der Waals surface area contributed by atoms with Gasteiger partial charge in [0.1, 0.15) is 17.0 Å². The van der Waals surface area contributed by atoms with Gasteiger partial charge in [-0.25, -0.2) is 9.78 Å². The molecule has 0 radical (unpaired) electrons. The highest BCUT2D eigenvalue weighted by Gasteiger charge is 2.15. The zero-order valence-electron chi connectivity index (χ0n) is 11.3. The summed E-state index contributed by atoms with van der Waals surface area (Å²) in [5, 5.41) is 12.3. The number of aldehydes is 1. The second kappa shape index (κ2) is 6.17. The lowest BCUT2D eigenvalue weighted by Gasteiger charge is -2.19. The topological polar surface area (TPSA) is 88.5 Å². The first-order chi connectivity index (χ1) is 8.83. The summed E-state index contributed by atoms with van der Waals surface area (Å²) >= 11 is 0. The van der Waals surface area contributed by atoms with Gasteiger partial charge in [-0.15, -0.1) is 0 Å². The molecule has 0 atom stereocenters. The van der Waals surface area contributed by atoms with E-state index in [1.807, 2.05) is 0 Å². The third-order valence-corrected chi connectivity index (χ3v) is 2.21. The van der Waals surface area contributed by atoms with Crippen molar-refractivity contribution in [1.82, 2.24) is 10.3 Å². The molecular formula is C13H18N2O4. The standard InChI is InChI=1S/C13H18N2O4/c1-13(2,3)19-12(18)15-7-5-9-4-6-14-10(8-16)11(9)17/h4,6,8,17H,5,7H2,1-3H3,(H,15,18). The highest BCUT2D eigenvalue weighted by Crippen LogP contribution is 2.18. The summed E-state index contributed by atoms with van der Waals surface area (Å²) in [7, 11) is 0. The Morgan fingerprint density at radius 1 is 1.53 bits per heavy atom. The van der Waals surface area contributed by atoms with Gasteiger partial charge >= 0.3 is 6.09 Å². The van der Waals surface area contributed by atoms with E-state index in [0.717, 1.165) is 0 Å². The maximum Gasteiger partial charge on any atom is 0.407 e. The Labute approximate surface area is 111 Å². The predicted octanol–water partition coefficient (Wildman–Crippen LogP) is 1.67. The number of amides is 1. The van der Waals surface area contributed by atoms with Crippen molar-refractivity contribution in [2.75, 3.05) is 6.54 Å². The summed E-state index contributed by atoms with van der Waals surface area (Å²) in [5.74, 6) is -0.150. The molecule has 1 aromatic rings. The Hall–Kier alpha value is -2.11. The van der Waals surface area contributed by atoms with Gasteiger partial charge in [-0.1, -0.05) is 0 Å². The van der Waals surface area contributed by atoms with Crippen LogP contribution in [0.2, 0.25) is 0 Å². The Kier molecular flexibility index (Phi) is 4.86. The Bertz CT molecular complexity index is 466. The first-order valence-corrected chi connectivity index (χ1v) is 5.92. The van der Waals surface area contributed by atoms with Gasteiger partial charge in [-0.05, 0) is 38.8 Å². The van der Waals surface area contributed by atoms with Crippen LogP contribution in [0.5, 0.6) is 5.75 Å². The van der Waals surface area contributed by atoms with Gasteiger partial charge in [-0.2, -0.15) is 0 Å². The molecule has 1 rings (SSSR count). The molecule has 0 bridgehead atoms. The largest absolute Gasteiger partial charge is 0.505 e. The van der Waals surface area contributed by atoms with E-state index in [1.54, 1.807) is 26.8 Å². The van der Waals surface area contributed by atoms with Crippen molar-refractivity contribution in [3.63, 3.8) is 0 Å². The number of carbonyl (C=O) groups is 2. The molecule has 6 heteroatoms. The van der Waals surface area contributed by atoms with E-state index >= 15 is 0 Å². The first-order valence-electron chi connectivity index (χ1n) is 5.92. The maximum absolute atomic E-state index is 11.4. The average Bonchev–Trinajstić information content (AvgIpc) is 2.29. The Morgan fingerprint density at radius 3 is 2.79 bits per heavy atom. The Balaban J connectivity index is 2.50. The molecule has 2 N–H and O–H groups in total. The van der Waals surface area contributed by atoms with Gasteiger partial charge in [0.25, 0.3) is 0 Å². The number of nitrogens with zero attached hydrogens (tertiary/aromatic N) is 1. The molecule has 0 aliphatic rings. The van der Waals surface area contributed by atoms with Crippen molar-refractivity contribution >= 4 is 12.4 Å². The van der Waals surface area contributed by atoms with Crippen molar-refractivity contribution in [1.29, 1.82) is 0 Å². The van der Waals surface area contributed by atoms with E-state index in [9.17, 15) is 14.7 Å². The molecule has 0 aromatic carbocycles. The van der Waals surface area contributed by atoms with Gasteiger partial charge < -0.3 is 15.2 Å². The second-order valence-corrected chi connectivity index (χ2v) is 5.00. The number of carbonyl (C=O) groups excluding carboxylic acids is 2. The number of nitrogens with one attached hydrogen (secondary N) is 1. The van der Waals surface area contributed by atoms with Crippen molar-refractivity contribution in [3.05, 3.63) is 23.5 Å². The quantitative estimate of drug-likeness (QED) is 0.809. The zero-order valence-corrected chi connectivity index (χ0v) is 11.3. The smallest absolute Gasteiger partial charge is 0.407 e. The molecule has 0 aliphatic heterocycles. The molecule has 0 saturated heterocycles. The summed E-state index contributed by atoms with van der Waals surface area (Å²) in [6, 6.07) is 1.60. The van der Waals surface area contributed by atoms with Crippen LogP contribution in [0.4, 0.5) is 4.79 Å². The fourth-order valence-electron chi connectivity index (χ4n) is 1.41. The maximum atomic E-state index is 11.4. The number of aromatic hydroxyl groups is 1. The number of pyridine rings is 1. The lowest BCUT2D eigenvalue weighted by atomic mass is 10.1. The van der Waals surface area contributed by atoms with Crippen molar-refractivity contribution in [3.8, 4) is 5.75 Å². The van der Waals surface area contributed by atoms with Gasteiger partial charge in [-0.3, -0.25) is 4.79 Å². The zero-order chi connectivity index (χ0) is 14.5. The van der Waals surface area contributed by atoms with E-state index in [-0.39, 0.29) is 11.4 Å². The van der Waals surface area contributed by atoms with E-state index in [2.05, 4.69) is 10.3 Å². The van der Waals surface area contributed by atoms with Gasteiger partial charge in [0.05, 0.1) is 0 Å². The van der Waals surface area contributed by atoms with Gasteiger partial charge in [0.2, 0.25) is 0 Å². The number of hydrogen-bond donors (Lipinski definition) is 2. The molecule has 19 heavy (non-hydrogen) atoms. The Morgan fingerprint density at radius 2 is 2.21 bits per heavy atom. The molecule has 0 fully saturated rings. The minimum Gasteiger partial charge on any atom is -0.505 e. The predicted molar refractivity (Wildman–Crippen MR) is 69.2 cm³/mol. The summed E-state index contributed by atoms with van der Waals surface area (Å²) in [5.41, 5.74) is -0.00366. The molecule has 0 unspecified atom stereocenters. The molecule has 1 aromatic heterocycles. The summed E-state index contributed by atoms with van der Waals surface area (Å²) in [6.45, 7) is 5.62. The van der Waals surface area contributed by atoms with Crippen LogP contribution < -0.4 is 5.32 Å². The highest BCUT2D eigenvalue weighted by atomic mass is 16.6. The van der Waals surface area contributed by atoms with Gasteiger partial charge in [0.15, 0.2) is 6.29 Å². The summed E-state index contributed by atoms with van der Waals surface area (Å²) < 4.78 is 5.07. The van der Waals surface area contributed by atoms with Crippen LogP contribution >= 0.6 is 0 Å². The molecular weight excluding hydrogens is 248 g/mol. The van der Waals surface area contributed by atoms with Crippen LogP contribution in [-0.4, -0.2) is 34.6 Å². The third-order valence-electron chi connectivity index (χ3n) is 2.21. The van der Waals surface area contributed by atoms with Crippen LogP contribution in [0.3, 0.4) is 0 Å². The molecule has 1 heterocycles. The first kappa shape index (κ1) is 14.9. The number of aromatic nitrogens is 1. The molecule has 0 spiro atoms. The SMILES string of the molecule is CC(C)(C)OC(=O)NCCc1ccnc(C=O)c1O. The van der Waals surface area contributed by atoms with Crippen LogP contribution in [0.1, 0.15) is 36.8 Å².